The number of carbonyl (C=O) groups excluding carboxylic acids is 3. The maximum absolute atomic E-state index is 13.6. The van der Waals surface area contributed by atoms with Crippen LogP contribution in [0, 0.1) is 11.8 Å². The molecule has 0 bridgehead atoms. The first-order valence-electron chi connectivity index (χ1n) is 14.7. The Labute approximate surface area is 243 Å². The van der Waals surface area contributed by atoms with E-state index in [2.05, 4.69) is 34.3 Å². The van der Waals surface area contributed by atoms with Gasteiger partial charge in [0.2, 0.25) is 5.91 Å². The summed E-state index contributed by atoms with van der Waals surface area (Å²) in [6.45, 7) is 4.55. The van der Waals surface area contributed by atoms with Gasteiger partial charge in [0.25, 0.3) is 5.91 Å². The van der Waals surface area contributed by atoms with Crippen LogP contribution in [0.2, 0.25) is 0 Å². The lowest BCUT2D eigenvalue weighted by molar-refractivity contribution is -0.141. The van der Waals surface area contributed by atoms with Crippen LogP contribution in [0.4, 0.5) is 0 Å². The minimum absolute atomic E-state index is 0.0628. The number of carbonyl (C=O) groups is 3. The number of esters is 1. The highest BCUT2D eigenvalue weighted by atomic mass is 16.5. The van der Waals surface area contributed by atoms with Crippen LogP contribution in [0.15, 0.2) is 24.3 Å². The van der Waals surface area contributed by atoms with E-state index in [4.69, 9.17) is 9.47 Å². The van der Waals surface area contributed by atoms with Crippen molar-refractivity contribution in [2.24, 2.45) is 11.8 Å². The molecule has 2 aromatic rings. The lowest BCUT2D eigenvalue weighted by Gasteiger charge is -2.23. The lowest BCUT2D eigenvalue weighted by atomic mass is 9.85. The van der Waals surface area contributed by atoms with Crippen molar-refractivity contribution in [1.29, 1.82) is 0 Å². The summed E-state index contributed by atoms with van der Waals surface area (Å²) >= 11 is 0. The van der Waals surface area contributed by atoms with Crippen molar-refractivity contribution < 1.29 is 28.6 Å². The van der Waals surface area contributed by atoms with Gasteiger partial charge in [0.05, 0.1) is 32.6 Å². The summed E-state index contributed by atoms with van der Waals surface area (Å²) in [6.07, 6.45) is 9.07. The summed E-state index contributed by atoms with van der Waals surface area (Å²) in [4.78, 5) is 37.7. The van der Waals surface area contributed by atoms with Crippen molar-refractivity contribution in [3.8, 4) is 22.8 Å². The van der Waals surface area contributed by atoms with Gasteiger partial charge in [-0.15, -0.1) is 0 Å². The number of aromatic nitrogens is 2. The molecule has 1 fully saturated rings. The molecular formula is C31H46N4O6. The highest BCUT2D eigenvalue weighted by Crippen LogP contribution is 2.39. The highest BCUT2D eigenvalue weighted by molar-refractivity contribution is 5.94. The molecule has 10 heteroatoms. The Morgan fingerprint density at radius 2 is 1.73 bits per heavy atom. The number of amides is 2. The normalized spacial score (nSPS) is 14.4. The highest BCUT2D eigenvalue weighted by Gasteiger charge is 2.25. The summed E-state index contributed by atoms with van der Waals surface area (Å²) in [5, 5.41) is 10.3. The van der Waals surface area contributed by atoms with Crippen LogP contribution >= 0.6 is 0 Å². The van der Waals surface area contributed by atoms with E-state index < -0.39 is 12.0 Å². The number of rotatable bonds is 15. The zero-order chi connectivity index (χ0) is 29.8. The van der Waals surface area contributed by atoms with Crippen LogP contribution in [0.3, 0.4) is 0 Å². The molecule has 226 valence electrons. The molecule has 1 aliphatic carbocycles. The summed E-state index contributed by atoms with van der Waals surface area (Å²) in [7, 11) is 4.46. The standard InChI is InChI=1S/C31H46N4O6/c1-21(2)20-35-25(30-26(39-3)15-10-16-27(30)40-4)18-24(34-35)31(38)33-23(17-28(36)32-19-29(37)41-5)14-9-13-22-11-7-6-8-12-22/h10,15-16,18,21-23H,6-9,11-14,17,19-20H2,1-5H3,(H,32,36)(H,33,38)/t23-/m0/s1. The molecule has 1 saturated carbocycles. The van der Waals surface area contributed by atoms with Crippen LogP contribution in [0.1, 0.15) is 82.1 Å². The van der Waals surface area contributed by atoms with Gasteiger partial charge < -0.3 is 24.8 Å². The summed E-state index contributed by atoms with van der Waals surface area (Å²) < 4.78 is 17.7. The smallest absolute Gasteiger partial charge is 0.325 e. The molecule has 41 heavy (non-hydrogen) atoms. The third-order valence-corrected chi connectivity index (χ3v) is 7.55. The van der Waals surface area contributed by atoms with E-state index in [0.29, 0.717) is 36.1 Å². The fourth-order valence-electron chi connectivity index (χ4n) is 5.47. The molecule has 1 aliphatic rings. The number of hydrogen-bond acceptors (Lipinski definition) is 7. The maximum atomic E-state index is 13.6. The summed E-state index contributed by atoms with van der Waals surface area (Å²) in [6, 6.07) is 6.89. The van der Waals surface area contributed by atoms with Crippen LogP contribution < -0.4 is 20.1 Å². The number of ether oxygens (including phenoxy) is 3. The molecule has 2 N–H and O–H groups in total. The molecule has 0 aliphatic heterocycles. The molecule has 1 aromatic carbocycles. The third kappa shape index (κ3) is 9.50. The van der Waals surface area contributed by atoms with Crippen molar-refractivity contribution in [2.75, 3.05) is 27.9 Å². The molecule has 0 unspecified atom stereocenters. The predicted octanol–water partition coefficient (Wildman–Crippen LogP) is 4.75. The summed E-state index contributed by atoms with van der Waals surface area (Å²) in [5.41, 5.74) is 1.68. The minimum Gasteiger partial charge on any atom is -0.496 e. The zero-order valence-electron chi connectivity index (χ0n) is 25.2. The average molecular weight is 571 g/mol. The second-order valence-electron chi connectivity index (χ2n) is 11.2. The molecular weight excluding hydrogens is 524 g/mol. The van der Waals surface area contributed by atoms with Crippen molar-refractivity contribution >= 4 is 17.8 Å². The average Bonchev–Trinajstić information content (AvgIpc) is 3.38. The molecule has 0 spiro atoms. The van der Waals surface area contributed by atoms with E-state index in [1.54, 1.807) is 25.0 Å². The van der Waals surface area contributed by atoms with Gasteiger partial charge in [0.15, 0.2) is 5.69 Å². The molecule has 10 nitrogen and oxygen atoms in total. The first kappa shape index (κ1) is 32.0. The van der Waals surface area contributed by atoms with Gasteiger partial charge in [-0.3, -0.25) is 19.1 Å². The lowest BCUT2D eigenvalue weighted by Crippen LogP contribution is -2.40. The van der Waals surface area contributed by atoms with E-state index in [1.165, 1.54) is 39.2 Å². The van der Waals surface area contributed by atoms with Crippen molar-refractivity contribution in [3.63, 3.8) is 0 Å². The molecule has 1 heterocycles. The zero-order valence-corrected chi connectivity index (χ0v) is 25.2. The topological polar surface area (TPSA) is 121 Å². The number of hydrogen-bond donors (Lipinski definition) is 2. The fraction of sp³-hybridized carbons (Fsp3) is 0.613. The SMILES string of the molecule is COC(=O)CNC(=O)C[C@H](CCCC1CCCCC1)NC(=O)c1cc(-c2c(OC)cccc2OC)n(CC(C)C)n1. The Morgan fingerprint density at radius 1 is 1.05 bits per heavy atom. The maximum Gasteiger partial charge on any atom is 0.325 e. The fourth-order valence-corrected chi connectivity index (χ4v) is 5.47. The Kier molecular flexibility index (Phi) is 12.5. The van der Waals surface area contributed by atoms with Crippen molar-refractivity contribution in [2.45, 2.75) is 84.2 Å². The third-order valence-electron chi connectivity index (χ3n) is 7.55. The van der Waals surface area contributed by atoms with Crippen LogP contribution in [0.25, 0.3) is 11.3 Å². The summed E-state index contributed by atoms with van der Waals surface area (Å²) in [5.74, 6) is 1.02. The Morgan fingerprint density at radius 3 is 2.34 bits per heavy atom. The van der Waals surface area contributed by atoms with E-state index in [-0.39, 0.29) is 36.4 Å². The first-order valence-corrected chi connectivity index (χ1v) is 14.7. The van der Waals surface area contributed by atoms with Gasteiger partial charge in [0, 0.05) is 19.0 Å². The largest absolute Gasteiger partial charge is 0.496 e. The molecule has 1 aromatic heterocycles. The van der Waals surface area contributed by atoms with E-state index >= 15 is 0 Å². The number of nitrogens with zero attached hydrogens (tertiary/aromatic N) is 2. The predicted molar refractivity (Wildman–Crippen MR) is 157 cm³/mol. The molecule has 1 atom stereocenters. The second-order valence-corrected chi connectivity index (χ2v) is 11.2. The van der Waals surface area contributed by atoms with Crippen molar-refractivity contribution in [3.05, 3.63) is 30.0 Å². The number of nitrogens with one attached hydrogen (secondary N) is 2. The molecule has 3 rings (SSSR count). The van der Waals surface area contributed by atoms with Crippen LogP contribution in [0.5, 0.6) is 11.5 Å². The van der Waals surface area contributed by atoms with E-state index in [0.717, 1.165) is 18.4 Å². The van der Waals surface area contributed by atoms with E-state index in [1.807, 2.05) is 18.2 Å². The minimum atomic E-state index is -0.522. The Bertz CT molecular complexity index is 1130. The second kappa shape index (κ2) is 16.0. The van der Waals surface area contributed by atoms with E-state index in [9.17, 15) is 14.4 Å². The Hall–Kier alpha value is -3.56. The van der Waals surface area contributed by atoms with Crippen LogP contribution in [-0.4, -0.2) is 61.5 Å². The van der Waals surface area contributed by atoms with Gasteiger partial charge in [-0.05, 0) is 36.5 Å². The molecule has 0 saturated heterocycles. The van der Waals surface area contributed by atoms with Crippen LogP contribution in [-0.2, 0) is 20.9 Å². The quantitative estimate of drug-likeness (QED) is 0.297. The monoisotopic (exact) mass is 570 g/mol. The number of methoxy groups -OCH3 is 3. The molecule has 2 amide bonds. The van der Waals surface area contributed by atoms with Gasteiger partial charge in [-0.2, -0.15) is 5.10 Å². The van der Waals surface area contributed by atoms with Gasteiger partial charge in [-0.25, -0.2) is 0 Å². The number of benzene rings is 1. The van der Waals surface area contributed by atoms with Crippen molar-refractivity contribution in [1.82, 2.24) is 20.4 Å². The molecule has 0 radical (unpaired) electrons. The van der Waals surface area contributed by atoms with Gasteiger partial charge in [0.1, 0.15) is 18.0 Å². The first-order chi connectivity index (χ1) is 19.7. The van der Waals surface area contributed by atoms with Gasteiger partial charge in [-0.1, -0.05) is 64.9 Å². The van der Waals surface area contributed by atoms with Gasteiger partial charge >= 0.3 is 5.97 Å². The Balaban J connectivity index is 1.81.